The third-order valence-corrected chi connectivity index (χ3v) is 11.5. The van der Waals surface area contributed by atoms with Gasteiger partial charge < -0.3 is 24.6 Å². The van der Waals surface area contributed by atoms with Crippen molar-refractivity contribution in [2.45, 2.75) is 14.9 Å². The molecule has 6 N–H and O–H groups in total. The molecule has 20 heteroatoms. The molecule has 14 rings (SSSR count). The monoisotopic (exact) mass is 1210 g/mol. The normalized spacial score (nSPS) is 10.9. The van der Waals surface area contributed by atoms with Gasteiger partial charge in [0.1, 0.15) is 11.4 Å². The molecule has 2 aliphatic rings. The number of aromatic amines is 1. The van der Waals surface area contributed by atoms with Crippen molar-refractivity contribution in [3.63, 3.8) is 0 Å². The molecule has 0 amide bonds. The summed E-state index contributed by atoms with van der Waals surface area (Å²) in [5.74, 6) is 4.82. The number of nitrogens with zero attached hydrogens (tertiary/aromatic N) is 5. The van der Waals surface area contributed by atoms with E-state index in [0.29, 0.717) is 5.82 Å². The fourth-order valence-electron chi connectivity index (χ4n) is 8.62. The summed E-state index contributed by atoms with van der Waals surface area (Å²) in [5.41, 5.74) is 10.3. The molecule has 12 aromatic rings. The van der Waals surface area contributed by atoms with Crippen LogP contribution in [0.4, 0.5) is 29.2 Å². The number of nitrogens with two attached hydrogens (primary N) is 1. The first-order chi connectivity index (χ1) is 34.9. The summed E-state index contributed by atoms with van der Waals surface area (Å²) in [4.78, 5) is 26.0. The number of H-pyrrole nitrogens is 1. The van der Waals surface area contributed by atoms with Gasteiger partial charge in [0.2, 0.25) is 0 Å². The predicted octanol–water partition coefficient (Wildman–Crippen LogP) is 10.0. The van der Waals surface area contributed by atoms with Crippen molar-refractivity contribution in [1.29, 1.82) is 0 Å². The Morgan fingerprint density at radius 3 is 1.82 bits per heavy atom. The SMILES string of the molecule is C.C.F.FB(F)F.NO.O=c1[nH]c2ccccc2c2ccccc12.ONc1nc2ccccc2c2ccccc12.[F-].[Ir].[c-]1cccc2c1N1[CH-]ON=C1c1ccccc1-2.c1ccc2c(c1)c1ccccc1[n+]1conc21. The average molecular weight is 1210 g/mol. The zero-order valence-electron chi connectivity index (χ0n) is 38.3. The first-order valence-electron chi connectivity index (χ1n) is 21.8. The Morgan fingerprint density at radius 1 is 0.645 bits per heavy atom. The molecule has 0 spiro atoms. The van der Waals surface area contributed by atoms with Crippen LogP contribution in [-0.2, 0) is 24.9 Å². The van der Waals surface area contributed by atoms with E-state index in [1.54, 1.807) is 13.1 Å². The second-order valence-corrected chi connectivity index (χ2v) is 15.5. The first-order valence-corrected chi connectivity index (χ1v) is 21.8. The number of pyridine rings is 3. The van der Waals surface area contributed by atoms with Gasteiger partial charge in [0.25, 0.3) is 5.56 Å². The number of aromatic nitrogens is 4. The van der Waals surface area contributed by atoms with Crippen LogP contribution in [-0.4, -0.2) is 38.9 Å². The number of para-hydroxylation sites is 4. The Hall–Kier alpha value is -8.65. The van der Waals surface area contributed by atoms with Crippen LogP contribution in [0.3, 0.4) is 0 Å². The Labute approximate surface area is 445 Å². The predicted molar refractivity (Wildman–Crippen MR) is 288 cm³/mol. The van der Waals surface area contributed by atoms with Crippen LogP contribution in [0.2, 0.25) is 0 Å². The van der Waals surface area contributed by atoms with Crippen molar-refractivity contribution in [3.8, 4) is 11.1 Å². The maximum absolute atomic E-state index is 11.7. The summed E-state index contributed by atoms with van der Waals surface area (Å²) in [7, 11) is -3.67. The molecule has 6 heterocycles. The van der Waals surface area contributed by atoms with Gasteiger partial charge in [0.05, 0.1) is 10.9 Å². The summed E-state index contributed by atoms with van der Waals surface area (Å²) in [6, 6.07) is 65.2. The first kappa shape index (κ1) is 59.9. The molecule has 391 valence electrons. The van der Waals surface area contributed by atoms with E-state index in [1.807, 2.05) is 149 Å². The van der Waals surface area contributed by atoms with Gasteiger partial charge >= 0.3 is 19.6 Å². The second kappa shape index (κ2) is 27.6. The number of nitrogens with one attached hydrogen (secondary N) is 2. The molecular weight excluding hydrogens is 1160 g/mol. The molecule has 0 saturated heterocycles. The maximum Gasteiger partial charge on any atom is 0.762 e. The van der Waals surface area contributed by atoms with Crippen LogP contribution >= 0.6 is 0 Å². The molecule has 76 heavy (non-hydrogen) atoms. The van der Waals surface area contributed by atoms with E-state index in [0.717, 1.165) is 82.6 Å². The van der Waals surface area contributed by atoms with Crippen LogP contribution < -0.4 is 30.9 Å². The van der Waals surface area contributed by atoms with E-state index in [4.69, 9.17) is 19.8 Å². The summed E-state index contributed by atoms with van der Waals surface area (Å²) >= 11 is 0. The maximum atomic E-state index is 11.7. The summed E-state index contributed by atoms with van der Waals surface area (Å²) < 4.78 is 36.1. The Morgan fingerprint density at radius 2 is 1.14 bits per heavy atom. The molecule has 0 aliphatic carbocycles. The number of rotatable bonds is 1. The number of oxime groups is 1. The average Bonchev–Trinajstić information content (AvgIpc) is 4.15. The van der Waals surface area contributed by atoms with Crippen molar-refractivity contribution in [2.24, 2.45) is 11.1 Å². The summed E-state index contributed by atoms with van der Waals surface area (Å²) in [6.07, 6.45) is 1.64. The number of hydrogen-bond acceptors (Lipinski definition) is 11. The summed E-state index contributed by atoms with van der Waals surface area (Å²) in [6.45, 7) is 1.61. The number of anilines is 2. The number of fused-ring (bicyclic) bond motifs is 18. The minimum Gasteiger partial charge on any atom is -1.00 e. The number of hydrogen-bond donors (Lipinski definition) is 5. The van der Waals surface area contributed by atoms with Crippen LogP contribution in [0.15, 0.2) is 209 Å². The third kappa shape index (κ3) is 12.1. The van der Waals surface area contributed by atoms with Crippen molar-refractivity contribution in [1.82, 2.24) is 15.1 Å². The van der Waals surface area contributed by atoms with E-state index in [9.17, 15) is 17.7 Å². The van der Waals surface area contributed by atoms with Gasteiger partial charge in [-0.05, 0) is 47.8 Å². The van der Waals surface area contributed by atoms with E-state index < -0.39 is 7.54 Å². The van der Waals surface area contributed by atoms with Crippen LogP contribution in [0, 0.1) is 12.8 Å². The molecule has 0 fully saturated rings. The molecule has 1 radical (unpaired) electrons. The summed E-state index contributed by atoms with van der Waals surface area (Å²) in [5, 5.41) is 33.2. The largest absolute Gasteiger partial charge is 1.00 e. The minimum absolute atomic E-state index is 0. The van der Waals surface area contributed by atoms with Gasteiger partial charge in [0, 0.05) is 63.5 Å². The van der Waals surface area contributed by atoms with Crippen molar-refractivity contribution in [2.75, 3.05) is 10.4 Å². The van der Waals surface area contributed by atoms with Crippen molar-refractivity contribution < 1.29 is 66.6 Å². The van der Waals surface area contributed by atoms with E-state index in [-0.39, 0.29) is 49.9 Å². The van der Waals surface area contributed by atoms with Crippen LogP contribution in [0.1, 0.15) is 20.4 Å². The molecule has 0 saturated carbocycles. The van der Waals surface area contributed by atoms with Gasteiger partial charge in [-0.15, -0.1) is 10.7 Å². The van der Waals surface area contributed by atoms with E-state index in [1.165, 1.54) is 16.3 Å². The Bertz CT molecular complexity index is 3880. The molecule has 0 atom stereocenters. The van der Waals surface area contributed by atoms with E-state index in [2.05, 4.69) is 86.3 Å². The topological polar surface area (TPSA) is 179 Å². The molecule has 0 unspecified atom stereocenters. The number of amidine groups is 1. The Balaban J connectivity index is 0.000000207. The van der Waals surface area contributed by atoms with Gasteiger partial charge in [-0.1, -0.05) is 166 Å². The molecule has 4 aromatic heterocycles. The van der Waals surface area contributed by atoms with Gasteiger partial charge in [-0.25, -0.2) is 15.4 Å². The minimum atomic E-state index is -3.67. The quantitative estimate of drug-likeness (QED) is 0.0265. The molecule has 8 aromatic carbocycles. The van der Waals surface area contributed by atoms with Gasteiger partial charge in [0.15, 0.2) is 11.0 Å². The van der Waals surface area contributed by atoms with Crippen LogP contribution in [0.25, 0.3) is 81.8 Å². The van der Waals surface area contributed by atoms with Crippen LogP contribution in [0.5, 0.6) is 0 Å². The fourth-order valence-corrected chi connectivity index (χ4v) is 8.62. The molecule has 2 aliphatic heterocycles. The third-order valence-electron chi connectivity index (χ3n) is 11.5. The van der Waals surface area contributed by atoms with E-state index >= 15 is 0 Å². The molecule has 0 bridgehead atoms. The van der Waals surface area contributed by atoms with Gasteiger partial charge in [-0.2, -0.15) is 28.7 Å². The zero-order chi connectivity index (χ0) is 49.3. The number of benzene rings is 8. The smallest absolute Gasteiger partial charge is 0.762 e. The van der Waals surface area contributed by atoms with Gasteiger partial charge in [-0.3, -0.25) is 33.1 Å². The van der Waals surface area contributed by atoms with Crippen molar-refractivity contribution in [3.05, 3.63) is 223 Å². The second-order valence-electron chi connectivity index (χ2n) is 15.5. The van der Waals surface area contributed by atoms with Crippen molar-refractivity contribution >= 4 is 95.6 Å². The Kier molecular flexibility index (Phi) is 21.7. The zero-order valence-corrected chi connectivity index (χ0v) is 40.7. The standard InChI is InChI=1S/C14H9N2O.C14H8N2O.C13H10N2O.C13H9NO.2CH4.BF3.2FH.Ir.H3NO/c2*1-2-7-12-10(5-1)11-6-3-4-8-13(11)16-9-17-15-14(12)16;16-15-13-11-7-2-1-5-9(11)10-6-3-4-8-12(10)14-13;15-13-11-7-2-1-5-9(11)10-6-3-4-8-12(10)14-13;;;2-1(3)4;;;;1-2/h1-9H;1-7,9H;1-8,16H,(H,14,15);1-8H,(H,14,15);2*1H4;;2*1H;;2H,1H2/q+1;-2;;;;;;;;;/p-1. The molecular formula is C56H48BF5IrN8O5-2. The molecule has 13 nitrogen and oxygen atoms in total. The fraction of sp³-hybridized carbons (Fsp3) is 0.0357. The number of halogens is 5.